The van der Waals surface area contributed by atoms with E-state index in [9.17, 15) is 0 Å². The van der Waals surface area contributed by atoms with Crippen LogP contribution in [0.25, 0.3) is 0 Å². The summed E-state index contributed by atoms with van der Waals surface area (Å²) in [5, 5.41) is 7.51. The van der Waals surface area contributed by atoms with Crippen LogP contribution in [0.2, 0.25) is 10.0 Å². The van der Waals surface area contributed by atoms with Crippen molar-refractivity contribution in [3.8, 4) is 5.75 Å². The molecule has 0 saturated carbocycles. The van der Waals surface area contributed by atoms with Gasteiger partial charge in [-0.2, -0.15) is 4.98 Å². The minimum atomic E-state index is 0.531. The van der Waals surface area contributed by atoms with Crippen LogP contribution in [0, 0.1) is 0 Å². The number of benzene rings is 2. The highest BCUT2D eigenvalue weighted by Gasteiger charge is 2.04. The summed E-state index contributed by atoms with van der Waals surface area (Å²) in [6.07, 6.45) is 2.52. The predicted octanol–water partition coefficient (Wildman–Crippen LogP) is 5.19. The number of methoxy groups -OCH3 is 1. The minimum absolute atomic E-state index is 0.531. The Morgan fingerprint density at radius 2 is 1.96 bits per heavy atom. The normalized spacial score (nSPS) is 10.4. The summed E-state index contributed by atoms with van der Waals surface area (Å²) >= 11 is 12.1. The summed E-state index contributed by atoms with van der Waals surface area (Å²) in [6, 6.07) is 15.0. The lowest BCUT2D eigenvalue weighted by Crippen LogP contribution is -2.08. The second-order valence-electron chi connectivity index (χ2n) is 5.54. The maximum absolute atomic E-state index is 6.18. The fraction of sp³-hybridized carbons (Fsp3) is 0.158. The van der Waals surface area contributed by atoms with Gasteiger partial charge in [0.05, 0.1) is 17.8 Å². The van der Waals surface area contributed by atoms with Gasteiger partial charge in [0.25, 0.3) is 0 Å². The largest absolute Gasteiger partial charge is 0.497 e. The number of hydrogen-bond acceptors (Lipinski definition) is 5. The fourth-order valence-corrected chi connectivity index (χ4v) is 2.84. The Morgan fingerprint density at radius 1 is 1.08 bits per heavy atom. The molecular formula is C19H18Cl2N4O. The molecule has 0 fully saturated rings. The van der Waals surface area contributed by atoms with Gasteiger partial charge in [-0.1, -0.05) is 35.3 Å². The van der Waals surface area contributed by atoms with Crippen LogP contribution in [0.5, 0.6) is 5.75 Å². The first kappa shape index (κ1) is 18.3. The number of aromatic nitrogens is 2. The molecule has 5 nitrogen and oxygen atoms in total. The van der Waals surface area contributed by atoms with Crippen molar-refractivity contribution in [3.63, 3.8) is 0 Å². The molecule has 0 aliphatic heterocycles. The van der Waals surface area contributed by atoms with E-state index in [0.29, 0.717) is 28.4 Å². The molecule has 0 bridgehead atoms. The van der Waals surface area contributed by atoms with Gasteiger partial charge in [-0.3, -0.25) is 0 Å². The third kappa shape index (κ3) is 5.00. The quantitative estimate of drug-likeness (QED) is 0.582. The van der Waals surface area contributed by atoms with Crippen LogP contribution in [0.4, 0.5) is 17.5 Å². The van der Waals surface area contributed by atoms with Crippen LogP contribution in [-0.4, -0.2) is 23.6 Å². The van der Waals surface area contributed by atoms with Crippen molar-refractivity contribution in [2.24, 2.45) is 0 Å². The van der Waals surface area contributed by atoms with Gasteiger partial charge in [-0.25, -0.2) is 4.98 Å². The van der Waals surface area contributed by atoms with Gasteiger partial charge in [0.2, 0.25) is 5.95 Å². The zero-order valence-corrected chi connectivity index (χ0v) is 15.7. The van der Waals surface area contributed by atoms with Crippen molar-refractivity contribution in [2.45, 2.75) is 6.42 Å². The maximum atomic E-state index is 6.18. The average Bonchev–Trinajstić information content (AvgIpc) is 2.65. The highest BCUT2D eigenvalue weighted by Crippen LogP contribution is 2.27. The van der Waals surface area contributed by atoms with Crippen molar-refractivity contribution in [3.05, 3.63) is 70.3 Å². The fourth-order valence-electron chi connectivity index (χ4n) is 2.39. The molecule has 0 saturated heterocycles. The van der Waals surface area contributed by atoms with Gasteiger partial charge in [-0.05, 0) is 48.4 Å². The lowest BCUT2D eigenvalue weighted by Gasteiger charge is -2.10. The highest BCUT2D eigenvalue weighted by atomic mass is 35.5. The second kappa shape index (κ2) is 8.74. The number of anilines is 3. The van der Waals surface area contributed by atoms with Gasteiger partial charge >= 0.3 is 0 Å². The number of nitrogens with one attached hydrogen (secondary N) is 2. The maximum Gasteiger partial charge on any atom is 0.224 e. The Balaban J connectivity index is 1.60. The zero-order valence-electron chi connectivity index (χ0n) is 14.2. The number of ether oxygens (including phenoxy) is 1. The highest BCUT2D eigenvalue weighted by molar-refractivity contribution is 6.36. The Kier molecular flexibility index (Phi) is 6.15. The van der Waals surface area contributed by atoms with Gasteiger partial charge in [0, 0.05) is 17.8 Å². The van der Waals surface area contributed by atoms with E-state index in [2.05, 4.69) is 26.7 Å². The van der Waals surface area contributed by atoms with Crippen LogP contribution in [0.3, 0.4) is 0 Å². The van der Waals surface area contributed by atoms with Crippen LogP contribution < -0.4 is 15.4 Å². The molecule has 26 heavy (non-hydrogen) atoms. The van der Waals surface area contributed by atoms with E-state index < -0.39 is 0 Å². The molecule has 0 atom stereocenters. The standard InChI is InChI=1S/C19H18Cl2N4O/c1-26-15-4-2-3-13(11-15)7-9-22-19-23-10-8-18(25-19)24-17-6-5-14(20)12-16(17)21/h2-6,8,10-12H,7,9H2,1H3,(H2,22,23,24,25). The SMILES string of the molecule is COc1cccc(CCNc2nccc(Nc3ccc(Cl)cc3Cl)n2)c1. The van der Waals surface area contributed by atoms with Crippen molar-refractivity contribution in [1.29, 1.82) is 0 Å². The predicted molar refractivity (Wildman–Crippen MR) is 107 cm³/mol. The molecule has 0 unspecified atom stereocenters. The average molecular weight is 389 g/mol. The summed E-state index contributed by atoms with van der Waals surface area (Å²) < 4.78 is 5.24. The number of nitrogens with zero attached hydrogens (tertiary/aromatic N) is 2. The van der Waals surface area contributed by atoms with Crippen LogP contribution in [0.1, 0.15) is 5.56 Å². The summed E-state index contributed by atoms with van der Waals surface area (Å²) in [5.74, 6) is 2.04. The second-order valence-corrected chi connectivity index (χ2v) is 6.39. The molecule has 3 rings (SSSR count). The molecule has 0 aliphatic rings. The topological polar surface area (TPSA) is 59.1 Å². The molecule has 1 aromatic heterocycles. The van der Waals surface area contributed by atoms with Crippen molar-refractivity contribution < 1.29 is 4.74 Å². The van der Waals surface area contributed by atoms with Crippen molar-refractivity contribution >= 4 is 40.7 Å². The molecule has 2 aromatic carbocycles. The summed E-state index contributed by atoms with van der Waals surface area (Å²) in [6.45, 7) is 0.707. The molecule has 0 spiro atoms. The monoisotopic (exact) mass is 388 g/mol. The van der Waals surface area contributed by atoms with E-state index in [1.165, 1.54) is 5.56 Å². The molecule has 3 aromatic rings. The molecular weight excluding hydrogens is 371 g/mol. The summed E-state index contributed by atoms with van der Waals surface area (Å²) in [7, 11) is 1.66. The molecule has 134 valence electrons. The Labute approximate surface area is 162 Å². The minimum Gasteiger partial charge on any atom is -0.497 e. The first-order valence-electron chi connectivity index (χ1n) is 8.06. The van der Waals surface area contributed by atoms with Crippen LogP contribution >= 0.6 is 23.2 Å². The van der Waals surface area contributed by atoms with Gasteiger partial charge in [-0.15, -0.1) is 0 Å². The Bertz CT molecular complexity index is 889. The van der Waals surface area contributed by atoms with Gasteiger partial charge < -0.3 is 15.4 Å². The molecule has 2 N–H and O–H groups in total. The number of halogens is 2. The van der Waals surface area contributed by atoms with E-state index >= 15 is 0 Å². The molecule has 0 amide bonds. The van der Waals surface area contributed by atoms with Crippen LogP contribution in [-0.2, 0) is 6.42 Å². The Hall–Kier alpha value is -2.50. The van der Waals surface area contributed by atoms with E-state index in [0.717, 1.165) is 17.9 Å². The zero-order chi connectivity index (χ0) is 18.4. The van der Waals surface area contributed by atoms with E-state index in [4.69, 9.17) is 27.9 Å². The number of rotatable bonds is 7. The van der Waals surface area contributed by atoms with Crippen molar-refractivity contribution in [1.82, 2.24) is 9.97 Å². The third-order valence-corrected chi connectivity index (χ3v) is 4.23. The molecule has 7 heteroatoms. The molecule has 0 aliphatic carbocycles. The summed E-state index contributed by atoms with van der Waals surface area (Å²) in [4.78, 5) is 8.69. The van der Waals surface area contributed by atoms with E-state index in [1.54, 1.807) is 31.5 Å². The van der Waals surface area contributed by atoms with Gasteiger partial charge in [0.15, 0.2) is 0 Å². The van der Waals surface area contributed by atoms with E-state index in [-0.39, 0.29) is 0 Å². The third-order valence-electron chi connectivity index (χ3n) is 3.68. The molecule has 1 heterocycles. The lowest BCUT2D eigenvalue weighted by molar-refractivity contribution is 0.414. The number of hydrogen-bond donors (Lipinski definition) is 2. The van der Waals surface area contributed by atoms with Crippen LogP contribution in [0.15, 0.2) is 54.7 Å². The van der Waals surface area contributed by atoms with Crippen molar-refractivity contribution in [2.75, 3.05) is 24.3 Å². The smallest absolute Gasteiger partial charge is 0.224 e. The molecule has 0 radical (unpaired) electrons. The van der Waals surface area contributed by atoms with Gasteiger partial charge in [0.1, 0.15) is 11.6 Å². The lowest BCUT2D eigenvalue weighted by atomic mass is 10.1. The first-order chi connectivity index (χ1) is 12.6. The van der Waals surface area contributed by atoms with E-state index in [1.807, 2.05) is 24.3 Å². The Morgan fingerprint density at radius 3 is 2.77 bits per heavy atom. The summed E-state index contributed by atoms with van der Waals surface area (Å²) in [5.41, 5.74) is 1.91. The first-order valence-corrected chi connectivity index (χ1v) is 8.81.